The summed E-state index contributed by atoms with van der Waals surface area (Å²) in [6.45, 7) is 4.22. The third-order valence-corrected chi connectivity index (χ3v) is 5.90. The van der Waals surface area contributed by atoms with Crippen molar-refractivity contribution in [3.8, 4) is 0 Å². The summed E-state index contributed by atoms with van der Waals surface area (Å²) in [7, 11) is 1.62. The first kappa shape index (κ1) is 21.5. The van der Waals surface area contributed by atoms with Crippen LogP contribution < -0.4 is 5.32 Å². The zero-order valence-electron chi connectivity index (χ0n) is 16.9. The van der Waals surface area contributed by atoms with Gasteiger partial charge in [0.15, 0.2) is 5.17 Å². The van der Waals surface area contributed by atoms with Gasteiger partial charge in [-0.25, -0.2) is 4.99 Å². The molecule has 1 heterocycles. The minimum Gasteiger partial charge on any atom is -0.320 e. The second-order valence-electron chi connectivity index (χ2n) is 7.17. The standard InChI is InChI=1S/C21H22N4O4S/c1-13(2)14-8-10-15(11-9-14)22-21-24(3)20(27)18(30-21)12-19(26)23-16-6-4-5-7-17(16)25(28)29/h4-11,13,18H,12H2,1-3H3,(H,23,26)/t18-/m1/s1. The van der Waals surface area contributed by atoms with Crippen LogP contribution in [0.3, 0.4) is 0 Å². The Balaban J connectivity index is 1.69. The summed E-state index contributed by atoms with van der Waals surface area (Å²) in [6, 6.07) is 13.7. The minimum atomic E-state index is -0.633. The van der Waals surface area contributed by atoms with E-state index in [1.54, 1.807) is 13.1 Å². The van der Waals surface area contributed by atoms with Gasteiger partial charge in [0.25, 0.3) is 5.69 Å². The number of carbonyl (C=O) groups excluding carboxylic acids is 2. The van der Waals surface area contributed by atoms with E-state index in [-0.39, 0.29) is 23.7 Å². The van der Waals surface area contributed by atoms with Gasteiger partial charge in [-0.15, -0.1) is 0 Å². The van der Waals surface area contributed by atoms with E-state index in [0.717, 1.165) is 5.69 Å². The molecule has 0 saturated carbocycles. The Morgan fingerprint density at radius 2 is 1.90 bits per heavy atom. The lowest BCUT2D eigenvalue weighted by atomic mass is 10.0. The molecule has 1 atom stereocenters. The van der Waals surface area contributed by atoms with Crippen molar-refractivity contribution in [1.82, 2.24) is 4.90 Å². The van der Waals surface area contributed by atoms with E-state index in [4.69, 9.17) is 0 Å². The maximum atomic E-state index is 12.5. The molecule has 2 amide bonds. The Labute approximate surface area is 178 Å². The van der Waals surface area contributed by atoms with Gasteiger partial charge < -0.3 is 5.32 Å². The SMILES string of the molecule is CC(C)c1ccc(N=C2S[C@H](CC(=O)Nc3ccccc3[N+](=O)[O-])C(=O)N2C)cc1. The van der Waals surface area contributed by atoms with Crippen molar-refractivity contribution in [2.45, 2.75) is 31.4 Å². The van der Waals surface area contributed by atoms with E-state index in [9.17, 15) is 19.7 Å². The molecule has 30 heavy (non-hydrogen) atoms. The molecule has 0 unspecified atom stereocenters. The number of amides is 2. The normalized spacial score (nSPS) is 17.6. The van der Waals surface area contributed by atoms with Gasteiger partial charge in [0.2, 0.25) is 11.8 Å². The summed E-state index contributed by atoms with van der Waals surface area (Å²) in [5, 5.41) is 13.5. The molecule has 1 aliphatic rings. The summed E-state index contributed by atoms with van der Waals surface area (Å²) >= 11 is 1.21. The predicted octanol–water partition coefficient (Wildman–Crippen LogP) is 4.31. The molecular formula is C21H22N4O4S. The van der Waals surface area contributed by atoms with Crippen LogP contribution in [-0.2, 0) is 9.59 Å². The highest BCUT2D eigenvalue weighted by Gasteiger charge is 2.37. The van der Waals surface area contributed by atoms with Gasteiger partial charge in [-0.3, -0.25) is 24.6 Å². The van der Waals surface area contributed by atoms with Gasteiger partial charge in [-0.2, -0.15) is 0 Å². The second-order valence-corrected chi connectivity index (χ2v) is 8.34. The Morgan fingerprint density at radius 3 is 2.53 bits per heavy atom. The van der Waals surface area contributed by atoms with Crippen LogP contribution in [0.2, 0.25) is 0 Å². The van der Waals surface area contributed by atoms with Gasteiger partial charge in [-0.1, -0.05) is 49.9 Å². The molecule has 1 aliphatic heterocycles. The van der Waals surface area contributed by atoms with Crippen molar-refractivity contribution in [1.29, 1.82) is 0 Å². The fourth-order valence-corrected chi connectivity index (χ4v) is 4.10. The molecule has 1 saturated heterocycles. The number of anilines is 1. The van der Waals surface area contributed by atoms with Crippen LogP contribution in [0.15, 0.2) is 53.5 Å². The van der Waals surface area contributed by atoms with Crippen molar-refractivity contribution < 1.29 is 14.5 Å². The summed E-state index contributed by atoms with van der Waals surface area (Å²) in [5.74, 6) is -0.276. The highest BCUT2D eigenvalue weighted by atomic mass is 32.2. The van der Waals surface area contributed by atoms with Crippen molar-refractivity contribution in [2.75, 3.05) is 12.4 Å². The van der Waals surface area contributed by atoms with Gasteiger partial charge in [-0.05, 0) is 29.7 Å². The molecule has 2 aromatic rings. The number of amidine groups is 1. The second kappa shape index (κ2) is 9.08. The molecule has 0 spiro atoms. The molecule has 0 radical (unpaired) electrons. The van der Waals surface area contributed by atoms with Gasteiger partial charge >= 0.3 is 0 Å². The quantitative estimate of drug-likeness (QED) is 0.547. The lowest BCUT2D eigenvalue weighted by Crippen LogP contribution is -2.30. The molecule has 1 fully saturated rings. The number of hydrogen-bond acceptors (Lipinski definition) is 6. The topological polar surface area (TPSA) is 105 Å². The zero-order chi connectivity index (χ0) is 21.8. The Kier molecular flexibility index (Phi) is 6.51. The highest BCUT2D eigenvalue weighted by molar-refractivity contribution is 8.15. The summed E-state index contributed by atoms with van der Waals surface area (Å²) in [6.07, 6.45) is -0.106. The first-order valence-electron chi connectivity index (χ1n) is 9.42. The molecule has 3 rings (SSSR count). The van der Waals surface area contributed by atoms with Crippen LogP contribution in [0.5, 0.6) is 0 Å². The van der Waals surface area contributed by atoms with E-state index in [0.29, 0.717) is 11.1 Å². The fraction of sp³-hybridized carbons (Fsp3) is 0.286. The van der Waals surface area contributed by atoms with E-state index >= 15 is 0 Å². The molecular weight excluding hydrogens is 404 g/mol. The Morgan fingerprint density at radius 1 is 1.23 bits per heavy atom. The van der Waals surface area contributed by atoms with E-state index in [2.05, 4.69) is 24.2 Å². The lowest BCUT2D eigenvalue weighted by Gasteiger charge is -2.10. The Hall–Kier alpha value is -3.20. The van der Waals surface area contributed by atoms with Crippen LogP contribution in [0.1, 0.15) is 31.7 Å². The number of hydrogen-bond donors (Lipinski definition) is 1. The largest absolute Gasteiger partial charge is 0.320 e. The third-order valence-electron chi connectivity index (χ3n) is 4.67. The summed E-state index contributed by atoms with van der Waals surface area (Å²) in [5.41, 5.74) is 1.84. The monoisotopic (exact) mass is 426 g/mol. The van der Waals surface area contributed by atoms with E-state index in [1.165, 1.54) is 40.4 Å². The van der Waals surface area contributed by atoms with Crippen LogP contribution >= 0.6 is 11.8 Å². The number of thioether (sulfide) groups is 1. The van der Waals surface area contributed by atoms with E-state index in [1.807, 2.05) is 24.3 Å². The summed E-state index contributed by atoms with van der Waals surface area (Å²) in [4.78, 5) is 41.4. The maximum absolute atomic E-state index is 12.5. The smallest absolute Gasteiger partial charge is 0.292 e. The van der Waals surface area contributed by atoms with Crippen LogP contribution in [0.25, 0.3) is 0 Å². The molecule has 8 nitrogen and oxygen atoms in total. The van der Waals surface area contributed by atoms with Crippen molar-refractivity contribution in [3.05, 3.63) is 64.2 Å². The van der Waals surface area contributed by atoms with E-state index < -0.39 is 16.1 Å². The number of nitro benzene ring substituents is 1. The number of rotatable bonds is 6. The minimum absolute atomic E-state index is 0.106. The first-order valence-corrected chi connectivity index (χ1v) is 10.3. The lowest BCUT2D eigenvalue weighted by molar-refractivity contribution is -0.383. The van der Waals surface area contributed by atoms with Gasteiger partial charge in [0, 0.05) is 19.5 Å². The van der Waals surface area contributed by atoms with Crippen molar-refractivity contribution in [2.24, 2.45) is 4.99 Å². The zero-order valence-corrected chi connectivity index (χ0v) is 17.7. The average Bonchev–Trinajstić information content (AvgIpc) is 2.96. The van der Waals surface area contributed by atoms with Gasteiger partial charge in [0.05, 0.1) is 10.6 Å². The van der Waals surface area contributed by atoms with Crippen LogP contribution in [-0.4, -0.2) is 39.1 Å². The third kappa shape index (κ3) is 4.85. The molecule has 0 bridgehead atoms. The van der Waals surface area contributed by atoms with Crippen LogP contribution in [0, 0.1) is 10.1 Å². The number of para-hydroxylation sites is 2. The predicted molar refractivity (Wildman–Crippen MR) is 118 cm³/mol. The van der Waals surface area contributed by atoms with Crippen molar-refractivity contribution in [3.63, 3.8) is 0 Å². The molecule has 0 aliphatic carbocycles. The first-order chi connectivity index (χ1) is 14.3. The highest BCUT2D eigenvalue weighted by Crippen LogP contribution is 2.32. The number of nitro groups is 1. The summed E-state index contributed by atoms with van der Waals surface area (Å²) < 4.78 is 0. The fourth-order valence-electron chi connectivity index (χ4n) is 2.95. The molecule has 9 heteroatoms. The molecule has 0 aromatic heterocycles. The number of aliphatic imine (C=N–C) groups is 1. The number of carbonyl (C=O) groups is 2. The molecule has 1 N–H and O–H groups in total. The van der Waals surface area contributed by atoms with Crippen LogP contribution in [0.4, 0.5) is 17.1 Å². The average molecular weight is 426 g/mol. The molecule has 156 valence electrons. The number of nitrogens with one attached hydrogen (secondary N) is 1. The maximum Gasteiger partial charge on any atom is 0.292 e. The van der Waals surface area contributed by atoms with Gasteiger partial charge in [0.1, 0.15) is 10.9 Å². The number of nitrogens with zero attached hydrogens (tertiary/aromatic N) is 3. The van der Waals surface area contributed by atoms with Crippen molar-refractivity contribution >= 4 is 45.8 Å². The molecule has 2 aromatic carbocycles. The number of benzene rings is 2. The Bertz CT molecular complexity index is 1000.